The second-order valence-corrected chi connectivity index (χ2v) is 4.27. The van der Waals surface area contributed by atoms with Gasteiger partial charge in [0.15, 0.2) is 0 Å². The highest BCUT2D eigenvalue weighted by Crippen LogP contribution is 2.27. The monoisotopic (exact) mass is 214 g/mol. The Bertz CT molecular complexity index is 529. The minimum atomic E-state index is 0.842. The minimum Gasteiger partial charge on any atom is -0.468 e. The fourth-order valence-electron chi connectivity index (χ4n) is 2.43. The number of nitrogens with zero attached hydrogens (tertiary/aromatic N) is 4. The van der Waals surface area contributed by atoms with Gasteiger partial charge in [0.1, 0.15) is 6.33 Å². The fraction of sp³-hybridized carbons (Fsp3) is 0.333. The maximum atomic E-state index is 4.29. The lowest BCUT2D eigenvalue weighted by atomic mass is 10.1. The van der Waals surface area contributed by atoms with Crippen molar-refractivity contribution in [2.75, 3.05) is 6.54 Å². The molecule has 84 valence electrons. The second-order valence-electron chi connectivity index (χ2n) is 4.27. The molecule has 0 aromatic carbocycles. The summed E-state index contributed by atoms with van der Waals surface area (Å²) in [5.74, 6) is 0. The first kappa shape index (κ1) is 9.66. The van der Waals surface area contributed by atoms with E-state index in [1.54, 1.807) is 6.33 Å². The number of rotatable bonds is 0. The van der Waals surface area contributed by atoms with Gasteiger partial charge in [-0.2, -0.15) is 0 Å². The molecule has 4 nitrogen and oxygen atoms in total. The summed E-state index contributed by atoms with van der Waals surface area (Å²) >= 11 is 0. The molecular formula is C12H14N4-2. The molecule has 16 heavy (non-hydrogen) atoms. The van der Waals surface area contributed by atoms with Gasteiger partial charge in [-0.3, -0.25) is 12.0 Å². The number of hydrogen-bond donors (Lipinski definition) is 0. The summed E-state index contributed by atoms with van der Waals surface area (Å²) in [4.78, 5) is 10.5. The van der Waals surface area contributed by atoms with Crippen molar-refractivity contribution in [3.8, 4) is 0 Å². The van der Waals surface area contributed by atoms with Crippen molar-refractivity contribution in [3.63, 3.8) is 0 Å². The van der Waals surface area contributed by atoms with Crippen LogP contribution in [0.2, 0.25) is 0 Å². The standard InChI is InChI=1S/C12H14N4/c1-15-5-3-4-9-10-6-13-8-14-12(10)16(2)11(9)7-15/h6,8H,1-5,7H2/q-2. The Hall–Kier alpha value is -1.55. The molecule has 0 fully saturated rings. The molecule has 0 bridgehead atoms. The van der Waals surface area contributed by atoms with Crippen LogP contribution in [-0.4, -0.2) is 26.0 Å². The van der Waals surface area contributed by atoms with Crippen LogP contribution in [-0.2, 0) is 13.0 Å². The van der Waals surface area contributed by atoms with Crippen LogP contribution in [0.25, 0.3) is 11.0 Å². The van der Waals surface area contributed by atoms with Crippen molar-refractivity contribution in [1.29, 1.82) is 0 Å². The van der Waals surface area contributed by atoms with Crippen LogP contribution in [0.5, 0.6) is 0 Å². The van der Waals surface area contributed by atoms with E-state index >= 15 is 0 Å². The first-order valence-electron chi connectivity index (χ1n) is 5.46. The number of fused-ring (bicyclic) bond motifs is 3. The quantitative estimate of drug-likeness (QED) is 0.625. The van der Waals surface area contributed by atoms with Crippen molar-refractivity contribution in [1.82, 2.24) is 19.4 Å². The normalized spacial score (nSPS) is 17.3. The van der Waals surface area contributed by atoms with Gasteiger partial charge >= 0.3 is 0 Å². The molecular weight excluding hydrogens is 200 g/mol. The van der Waals surface area contributed by atoms with Crippen LogP contribution in [0.1, 0.15) is 17.7 Å². The molecule has 0 saturated carbocycles. The fourth-order valence-corrected chi connectivity index (χ4v) is 2.43. The molecule has 3 heterocycles. The summed E-state index contributed by atoms with van der Waals surface area (Å²) in [5, 5.41) is 1.14. The van der Waals surface area contributed by atoms with Crippen LogP contribution in [0, 0.1) is 14.1 Å². The van der Waals surface area contributed by atoms with Gasteiger partial charge in [-0.15, -0.1) is 7.05 Å². The Balaban J connectivity index is 2.27. The number of hydrogen-bond acceptors (Lipinski definition) is 3. The molecule has 0 N–H and O–H groups in total. The molecule has 0 unspecified atom stereocenters. The molecule has 2 aromatic heterocycles. The number of aryl methyl sites for hydroxylation is 1. The summed E-state index contributed by atoms with van der Waals surface area (Å²) in [6.45, 7) is 1.87. The molecule has 0 spiro atoms. The zero-order valence-corrected chi connectivity index (χ0v) is 9.19. The maximum Gasteiger partial charge on any atom is 0.103 e. The Labute approximate surface area is 94.9 Å². The molecule has 3 rings (SSSR count). The largest absolute Gasteiger partial charge is 0.468 e. The lowest BCUT2D eigenvalue weighted by molar-refractivity contribution is 0.363. The third-order valence-electron chi connectivity index (χ3n) is 3.22. The average Bonchev–Trinajstić information content (AvgIpc) is 2.47. The highest BCUT2D eigenvalue weighted by atomic mass is 15.1. The van der Waals surface area contributed by atoms with Gasteiger partial charge < -0.3 is 9.47 Å². The van der Waals surface area contributed by atoms with E-state index in [-0.39, 0.29) is 0 Å². The molecule has 0 amide bonds. The second kappa shape index (κ2) is 3.49. The topological polar surface area (TPSA) is 34.0 Å². The van der Waals surface area contributed by atoms with Crippen molar-refractivity contribution in [2.24, 2.45) is 0 Å². The van der Waals surface area contributed by atoms with Gasteiger partial charge in [0.2, 0.25) is 0 Å². The van der Waals surface area contributed by atoms with E-state index in [2.05, 4.69) is 29.0 Å². The van der Waals surface area contributed by atoms with Crippen LogP contribution < -0.4 is 0 Å². The first-order chi connectivity index (χ1) is 7.77. The summed E-state index contributed by atoms with van der Waals surface area (Å²) in [6, 6.07) is 0. The molecule has 0 saturated heterocycles. The Morgan fingerprint density at radius 1 is 1.31 bits per heavy atom. The van der Waals surface area contributed by atoms with Gasteiger partial charge in [-0.25, -0.2) is 4.98 Å². The van der Waals surface area contributed by atoms with Crippen LogP contribution in [0.15, 0.2) is 12.5 Å². The van der Waals surface area contributed by atoms with E-state index in [1.165, 1.54) is 11.3 Å². The van der Waals surface area contributed by atoms with Gasteiger partial charge in [-0.05, 0) is 31.3 Å². The molecule has 0 atom stereocenters. The number of aromatic nitrogens is 3. The third kappa shape index (κ3) is 1.30. The summed E-state index contributed by atoms with van der Waals surface area (Å²) < 4.78 is 1.93. The van der Waals surface area contributed by atoms with Gasteiger partial charge in [0.25, 0.3) is 0 Å². The first-order valence-corrected chi connectivity index (χ1v) is 5.46. The Morgan fingerprint density at radius 3 is 3.06 bits per heavy atom. The van der Waals surface area contributed by atoms with E-state index in [9.17, 15) is 0 Å². The average molecular weight is 214 g/mol. The summed E-state index contributed by atoms with van der Waals surface area (Å²) in [6.07, 6.45) is 5.66. The lowest BCUT2D eigenvalue weighted by Crippen LogP contribution is -2.16. The molecule has 4 heteroatoms. The zero-order valence-electron chi connectivity index (χ0n) is 9.19. The van der Waals surface area contributed by atoms with Crippen LogP contribution in [0.4, 0.5) is 0 Å². The van der Waals surface area contributed by atoms with Crippen molar-refractivity contribution >= 4 is 11.0 Å². The van der Waals surface area contributed by atoms with Crippen molar-refractivity contribution in [2.45, 2.75) is 19.4 Å². The molecule has 0 radical (unpaired) electrons. The van der Waals surface area contributed by atoms with E-state index in [4.69, 9.17) is 0 Å². The Morgan fingerprint density at radius 2 is 2.19 bits per heavy atom. The lowest BCUT2D eigenvalue weighted by Gasteiger charge is -2.26. The molecule has 1 aliphatic heterocycles. The van der Waals surface area contributed by atoms with Crippen molar-refractivity contribution in [3.05, 3.63) is 37.9 Å². The zero-order chi connectivity index (χ0) is 11.1. The highest BCUT2D eigenvalue weighted by Gasteiger charge is 2.11. The van der Waals surface area contributed by atoms with Crippen molar-refractivity contribution < 1.29 is 0 Å². The van der Waals surface area contributed by atoms with Crippen LogP contribution in [0.3, 0.4) is 0 Å². The molecule has 0 aliphatic carbocycles. The minimum absolute atomic E-state index is 0.842. The smallest absolute Gasteiger partial charge is 0.103 e. The molecule has 1 aliphatic rings. The van der Waals surface area contributed by atoms with E-state index in [0.717, 1.165) is 37.0 Å². The van der Waals surface area contributed by atoms with Crippen LogP contribution >= 0.6 is 0 Å². The van der Waals surface area contributed by atoms with Gasteiger partial charge in [0.05, 0.1) is 0 Å². The predicted octanol–water partition coefficient (Wildman–Crippen LogP) is 1.61. The third-order valence-corrected chi connectivity index (χ3v) is 3.22. The van der Waals surface area contributed by atoms with Gasteiger partial charge in [0, 0.05) is 11.8 Å². The maximum absolute atomic E-state index is 4.29. The SMILES string of the molecule is [CH2-]N1CCCc2c(n([CH2-])c3ncncc23)C1. The molecule has 2 aromatic rings. The predicted molar refractivity (Wildman–Crippen MR) is 62.4 cm³/mol. The Kier molecular flexibility index (Phi) is 2.11. The highest BCUT2D eigenvalue weighted by molar-refractivity contribution is 5.81. The van der Waals surface area contributed by atoms with Gasteiger partial charge in [-0.1, -0.05) is 11.3 Å². The summed E-state index contributed by atoms with van der Waals surface area (Å²) in [7, 11) is 8.09. The summed E-state index contributed by atoms with van der Waals surface area (Å²) in [5.41, 5.74) is 3.50. The van der Waals surface area contributed by atoms with E-state index in [1.807, 2.05) is 10.8 Å². The van der Waals surface area contributed by atoms with E-state index < -0.39 is 0 Å². The van der Waals surface area contributed by atoms with E-state index in [0.29, 0.717) is 0 Å².